The second-order valence-electron chi connectivity index (χ2n) is 6.92. The molecule has 20 heavy (non-hydrogen) atoms. The second-order valence-corrected chi connectivity index (χ2v) is 8.92. The summed E-state index contributed by atoms with van der Waals surface area (Å²) in [5, 5.41) is 0. The molecular weight excluding hydrogens is 266 g/mol. The number of hydrogen-bond acceptors (Lipinski definition) is 1. The average Bonchev–Trinajstić information content (AvgIpc) is 2.27. The first-order valence-corrected chi connectivity index (χ1v) is 8.74. The molecule has 0 aromatic rings. The monoisotopic (exact) mass is 299 g/mol. The molecule has 0 spiro atoms. The molecule has 0 aliphatic rings. The van der Waals surface area contributed by atoms with Gasteiger partial charge in [0.05, 0.1) is 15.7 Å². The molecule has 0 aromatic carbocycles. The van der Waals surface area contributed by atoms with Crippen LogP contribution in [0.4, 0.5) is 0 Å². The highest BCUT2D eigenvalue weighted by Crippen LogP contribution is 2.18. The zero-order chi connectivity index (χ0) is 15.8. The highest BCUT2D eigenvalue weighted by Gasteiger charge is 2.23. The molecule has 1 unspecified atom stereocenters. The summed E-state index contributed by atoms with van der Waals surface area (Å²) in [6.45, 7) is 16.4. The molecule has 0 rings (SSSR count). The normalized spacial score (nSPS) is 16.3. The minimum atomic E-state index is -1.01. The van der Waals surface area contributed by atoms with Crippen molar-refractivity contribution < 1.29 is 4.21 Å². The van der Waals surface area contributed by atoms with E-state index >= 15 is 0 Å². The van der Waals surface area contributed by atoms with Crippen LogP contribution in [0, 0.1) is 5.92 Å². The lowest BCUT2D eigenvalue weighted by Gasteiger charge is -2.25. The van der Waals surface area contributed by atoms with Crippen LogP contribution in [-0.2, 0) is 11.0 Å². The van der Waals surface area contributed by atoms with Crippen LogP contribution in [0.15, 0.2) is 24.3 Å². The highest BCUT2D eigenvalue weighted by molar-refractivity contribution is 7.84. The van der Waals surface area contributed by atoms with Crippen molar-refractivity contribution in [2.75, 3.05) is 0 Å². The van der Waals surface area contributed by atoms with Crippen LogP contribution in [-0.4, -0.2) is 15.0 Å². The minimum absolute atomic E-state index is 0.218. The maximum absolute atomic E-state index is 12.2. The van der Waals surface area contributed by atoms with Crippen LogP contribution < -0.4 is 4.72 Å². The summed E-state index contributed by atoms with van der Waals surface area (Å²) in [5.74, 6) is 0.625. The summed E-state index contributed by atoms with van der Waals surface area (Å²) < 4.78 is 15.2. The van der Waals surface area contributed by atoms with Gasteiger partial charge in [0.25, 0.3) is 0 Å². The van der Waals surface area contributed by atoms with Crippen LogP contribution in [0.3, 0.4) is 0 Å². The van der Waals surface area contributed by atoms with Gasteiger partial charge in [-0.15, -0.1) is 6.58 Å². The van der Waals surface area contributed by atoms with Crippen LogP contribution in [0.5, 0.6) is 0 Å². The Hall–Kier alpha value is -0.410. The molecule has 0 aliphatic heterocycles. The minimum Gasteiger partial charge on any atom is -0.242 e. The van der Waals surface area contributed by atoms with Gasteiger partial charge in [0.1, 0.15) is 0 Å². The Morgan fingerprint density at radius 2 is 1.95 bits per heavy atom. The van der Waals surface area contributed by atoms with E-state index in [9.17, 15) is 4.21 Å². The lowest BCUT2D eigenvalue weighted by molar-refractivity contribution is 0.423. The van der Waals surface area contributed by atoms with E-state index < -0.39 is 11.0 Å². The first-order valence-electron chi connectivity index (χ1n) is 7.59. The number of allylic oxidation sites excluding steroid dienone is 2. The molecule has 3 atom stereocenters. The molecule has 118 valence electrons. The van der Waals surface area contributed by atoms with Gasteiger partial charge < -0.3 is 0 Å². The van der Waals surface area contributed by atoms with E-state index in [1.54, 1.807) is 0 Å². The molecule has 0 saturated carbocycles. The van der Waals surface area contributed by atoms with Crippen molar-refractivity contribution >= 4 is 11.0 Å². The van der Waals surface area contributed by atoms with Crippen molar-refractivity contribution in [3.05, 3.63) is 24.3 Å². The van der Waals surface area contributed by atoms with Gasteiger partial charge >= 0.3 is 0 Å². The predicted molar refractivity (Wildman–Crippen MR) is 92.1 cm³/mol. The van der Waals surface area contributed by atoms with Gasteiger partial charge in [0, 0.05) is 6.04 Å². The van der Waals surface area contributed by atoms with Crippen LogP contribution in [0.25, 0.3) is 0 Å². The Morgan fingerprint density at radius 3 is 2.40 bits per heavy atom. The molecule has 3 heteroatoms. The molecule has 0 amide bonds. The molecule has 0 saturated heterocycles. The highest BCUT2D eigenvalue weighted by atomic mass is 32.2. The number of hydrogen-bond donors (Lipinski definition) is 1. The van der Waals surface area contributed by atoms with E-state index in [1.165, 1.54) is 12.0 Å². The molecular formula is C17H33NOS. The number of rotatable bonds is 9. The van der Waals surface area contributed by atoms with Gasteiger partial charge in [-0.25, -0.2) is 8.93 Å². The summed E-state index contributed by atoms with van der Waals surface area (Å²) in [6, 6.07) is 0.259. The lowest BCUT2D eigenvalue weighted by Crippen LogP contribution is -2.40. The van der Waals surface area contributed by atoms with Crippen molar-refractivity contribution in [2.24, 2.45) is 5.92 Å². The third-order valence-corrected chi connectivity index (χ3v) is 4.84. The Bertz CT molecular complexity index is 337. The summed E-state index contributed by atoms with van der Waals surface area (Å²) in [6.07, 6.45) is 8.44. The topological polar surface area (TPSA) is 29.1 Å². The van der Waals surface area contributed by atoms with E-state index in [1.807, 2.05) is 26.8 Å². The maximum Gasteiger partial charge on any atom is 0.0972 e. The summed E-state index contributed by atoms with van der Waals surface area (Å²) >= 11 is 0. The van der Waals surface area contributed by atoms with E-state index in [0.29, 0.717) is 5.92 Å². The quantitative estimate of drug-likeness (QED) is 0.611. The summed E-state index contributed by atoms with van der Waals surface area (Å²) in [7, 11) is -1.01. The third-order valence-electron chi connectivity index (χ3n) is 3.18. The van der Waals surface area contributed by atoms with Gasteiger partial charge in [-0.05, 0) is 66.2 Å². The third kappa shape index (κ3) is 9.49. The molecule has 0 heterocycles. The Balaban J connectivity index is 4.36. The van der Waals surface area contributed by atoms with Crippen molar-refractivity contribution in [3.8, 4) is 0 Å². The maximum atomic E-state index is 12.2. The van der Waals surface area contributed by atoms with E-state index in [4.69, 9.17) is 0 Å². The van der Waals surface area contributed by atoms with Gasteiger partial charge in [0.2, 0.25) is 0 Å². The van der Waals surface area contributed by atoms with Gasteiger partial charge in [-0.1, -0.05) is 24.6 Å². The van der Waals surface area contributed by atoms with E-state index in [-0.39, 0.29) is 10.8 Å². The van der Waals surface area contributed by atoms with Gasteiger partial charge in [0.15, 0.2) is 0 Å². The predicted octanol–water partition coefficient (Wildman–Crippen LogP) is 4.76. The van der Waals surface area contributed by atoms with Crippen LogP contribution in [0.2, 0.25) is 0 Å². The summed E-state index contributed by atoms with van der Waals surface area (Å²) in [5.41, 5.74) is 1.38. The fourth-order valence-corrected chi connectivity index (χ4v) is 2.83. The lowest BCUT2D eigenvalue weighted by atomic mass is 9.95. The van der Waals surface area contributed by atoms with Gasteiger partial charge in [-0.2, -0.15) is 0 Å². The summed E-state index contributed by atoms with van der Waals surface area (Å²) in [4.78, 5) is 0. The van der Waals surface area contributed by atoms with Crippen molar-refractivity contribution in [1.82, 2.24) is 4.72 Å². The van der Waals surface area contributed by atoms with Crippen LogP contribution in [0.1, 0.15) is 67.2 Å². The first-order chi connectivity index (χ1) is 9.16. The second kappa shape index (κ2) is 9.51. The largest absolute Gasteiger partial charge is 0.242 e. The SMILES string of the molecule is C=CC[C@H](C[C@@H](C)CCC=C(C)C)NS(=O)C(C)(C)C. The molecule has 0 aliphatic carbocycles. The van der Waals surface area contributed by atoms with Crippen molar-refractivity contribution in [1.29, 1.82) is 0 Å². The zero-order valence-corrected chi connectivity index (χ0v) is 15.0. The van der Waals surface area contributed by atoms with Crippen LogP contribution >= 0.6 is 0 Å². The molecule has 0 bridgehead atoms. The fraction of sp³-hybridized carbons (Fsp3) is 0.765. The van der Waals surface area contributed by atoms with E-state index in [0.717, 1.165) is 19.3 Å². The standard InChI is InChI=1S/C17H33NOS/c1-8-10-16(18-20(19)17(5,6)7)13-15(4)12-9-11-14(2)3/h8,11,15-16,18H,1,9-10,12-13H2,2-7H3/t15-,16+,20?/m0/s1. The Morgan fingerprint density at radius 1 is 1.35 bits per heavy atom. The zero-order valence-electron chi connectivity index (χ0n) is 14.2. The Labute approximate surface area is 128 Å². The first kappa shape index (κ1) is 19.6. The molecule has 2 nitrogen and oxygen atoms in total. The average molecular weight is 300 g/mol. The smallest absolute Gasteiger partial charge is 0.0972 e. The molecule has 0 fully saturated rings. The number of nitrogens with one attached hydrogen (secondary N) is 1. The van der Waals surface area contributed by atoms with E-state index in [2.05, 4.69) is 38.1 Å². The molecule has 0 aromatic heterocycles. The molecule has 1 N–H and O–H groups in total. The van der Waals surface area contributed by atoms with Crippen molar-refractivity contribution in [3.63, 3.8) is 0 Å². The van der Waals surface area contributed by atoms with Gasteiger partial charge in [-0.3, -0.25) is 0 Å². The fourth-order valence-electron chi connectivity index (χ4n) is 1.98. The Kier molecular flexibility index (Phi) is 9.32. The molecule has 0 radical (unpaired) electrons. The van der Waals surface area contributed by atoms with Crippen molar-refractivity contribution in [2.45, 2.75) is 78.0 Å².